The van der Waals surface area contributed by atoms with E-state index in [1.807, 2.05) is 23.6 Å². The standard InChI is InChI=1S/C25H31N3O3S/c1-16(2)19-7-13-22(14-8-19)31-18(5)24-26-27-25(28(24)17(3)4)32-15-23(29)20-9-11-21(30-6)12-10-20/h7-14,16-18H,15H2,1-6H3. The molecular weight excluding hydrogens is 422 g/mol. The Kier molecular flexibility index (Phi) is 7.96. The topological polar surface area (TPSA) is 66.2 Å². The minimum atomic E-state index is -0.276. The second kappa shape index (κ2) is 10.7. The van der Waals surface area contributed by atoms with E-state index < -0.39 is 0 Å². The lowest BCUT2D eigenvalue weighted by molar-refractivity contribution is 0.102. The van der Waals surface area contributed by atoms with Gasteiger partial charge in [-0.15, -0.1) is 10.2 Å². The van der Waals surface area contributed by atoms with E-state index in [9.17, 15) is 4.79 Å². The van der Waals surface area contributed by atoms with E-state index in [4.69, 9.17) is 9.47 Å². The summed E-state index contributed by atoms with van der Waals surface area (Å²) in [6, 6.07) is 15.4. The molecule has 3 rings (SSSR count). The Hall–Kier alpha value is -2.80. The van der Waals surface area contributed by atoms with Gasteiger partial charge in [0.25, 0.3) is 0 Å². The maximum atomic E-state index is 12.6. The minimum Gasteiger partial charge on any atom is -0.497 e. The molecule has 1 aromatic heterocycles. The van der Waals surface area contributed by atoms with E-state index in [1.54, 1.807) is 31.4 Å². The fourth-order valence-electron chi connectivity index (χ4n) is 3.33. The summed E-state index contributed by atoms with van der Waals surface area (Å²) in [4.78, 5) is 12.6. The molecule has 0 radical (unpaired) electrons. The van der Waals surface area contributed by atoms with Gasteiger partial charge in [0.05, 0.1) is 12.9 Å². The summed E-state index contributed by atoms with van der Waals surface area (Å²) in [5, 5.41) is 9.46. The van der Waals surface area contributed by atoms with Gasteiger partial charge < -0.3 is 14.0 Å². The van der Waals surface area contributed by atoms with E-state index in [2.05, 4.69) is 50.0 Å². The second-order valence-corrected chi connectivity index (χ2v) is 9.17. The number of ketones is 1. The normalized spacial score (nSPS) is 12.2. The summed E-state index contributed by atoms with van der Waals surface area (Å²) in [6.07, 6.45) is -0.276. The maximum absolute atomic E-state index is 12.6. The van der Waals surface area contributed by atoms with E-state index in [-0.39, 0.29) is 23.7 Å². The molecule has 3 aromatic rings. The molecule has 0 saturated heterocycles. The predicted octanol–water partition coefficient (Wildman–Crippen LogP) is 6.11. The number of hydrogen-bond acceptors (Lipinski definition) is 6. The van der Waals surface area contributed by atoms with Crippen LogP contribution in [0.5, 0.6) is 11.5 Å². The number of carbonyl (C=O) groups excluding carboxylic acids is 1. The molecule has 0 fully saturated rings. The lowest BCUT2D eigenvalue weighted by atomic mass is 10.0. The number of aromatic nitrogens is 3. The number of methoxy groups -OCH3 is 1. The summed E-state index contributed by atoms with van der Waals surface area (Å²) in [5.41, 5.74) is 1.92. The molecule has 0 aliphatic heterocycles. The number of hydrogen-bond donors (Lipinski definition) is 0. The highest BCUT2D eigenvalue weighted by atomic mass is 32.2. The highest BCUT2D eigenvalue weighted by Crippen LogP contribution is 2.29. The lowest BCUT2D eigenvalue weighted by Gasteiger charge is -2.19. The van der Waals surface area contributed by atoms with E-state index in [1.165, 1.54) is 17.3 Å². The van der Waals surface area contributed by atoms with Crippen molar-refractivity contribution in [2.75, 3.05) is 12.9 Å². The van der Waals surface area contributed by atoms with Crippen molar-refractivity contribution in [1.29, 1.82) is 0 Å². The summed E-state index contributed by atoms with van der Waals surface area (Å²) in [7, 11) is 1.61. The molecule has 7 heteroatoms. The average Bonchev–Trinajstić information content (AvgIpc) is 3.22. The van der Waals surface area contributed by atoms with Crippen LogP contribution in [0.3, 0.4) is 0 Å². The second-order valence-electron chi connectivity index (χ2n) is 8.23. The number of ether oxygens (including phenoxy) is 2. The van der Waals surface area contributed by atoms with Crippen LogP contribution >= 0.6 is 11.8 Å². The van der Waals surface area contributed by atoms with Crippen molar-refractivity contribution >= 4 is 17.5 Å². The molecule has 2 aromatic carbocycles. The van der Waals surface area contributed by atoms with Crippen molar-refractivity contribution in [1.82, 2.24) is 14.8 Å². The quantitative estimate of drug-likeness (QED) is 0.273. The van der Waals surface area contributed by atoms with Crippen molar-refractivity contribution in [3.05, 3.63) is 65.5 Å². The Morgan fingerprint density at radius 3 is 2.12 bits per heavy atom. The van der Waals surface area contributed by atoms with Crippen LogP contribution in [-0.2, 0) is 0 Å². The van der Waals surface area contributed by atoms with Crippen LogP contribution in [0, 0.1) is 0 Å². The first-order valence-electron chi connectivity index (χ1n) is 10.8. The Morgan fingerprint density at radius 2 is 1.56 bits per heavy atom. The van der Waals surface area contributed by atoms with Gasteiger partial charge in [0.15, 0.2) is 22.9 Å². The third kappa shape index (κ3) is 5.71. The molecule has 1 heterocycles. The Labute approximate surface area is 194 Å². The molecule has 0 N–H and O–H groups in total. The molecule has 1 unspecified atom stereocenters. The Balaban J connectivity index is 1.70. The van der Waals surface area contributed by atoms with Gasteiger partial charge >= 0.3 is 0 Å². The summed E-state index contributed by atoms with van der Waals surface area (Å²) < 4.78 is 13.3. The van der Waals surface area contributed by atoms with Gasteiger partial charge in [-0.1, -0.05) is 37.7 Å². The number of nitrogens with zero attached hydrogens (tertiary/aromatic N) is 3. The molecule has 0 amide bonds. The molecule has 32 heavy (non-hydrogen) atoms. The molecule has 6 nitrogen and oxygen atoms in total. The molecule has 0 spiro atoms. The largest absolute Gasteiger partial charge is 0.497 e. The third-order valence-corrected chi connectivity index (χ3v) is 6.12. The van der Waals surface area contributed by atoms with Gasteiger partial charge in [0.2, 0.25) is 0 Å². The van der Waals surface area contributed by atoms with Crippen molar-refractivity contribution in [2.24, 2.45) is 0 Å². The van der Waals surface area contributed by atoms with Gasteiger partial charge in [0, 0.05) is 11.6 Å². The third-order valence-electron chi connectivity index (χ3n) is 5.17. The molecular formula is C25H31N3O3S. The summed E-state index contributed by atoms with van der Waals surface area (Å²) in [6.45, 7) is 10.5. The van der Waals surface area contributed by atoms with Crippen LogP contribution in [0.15, 0.2) is 53.7 Å². The van der Waals surface area contributed by atoms with Crippen LogP contribution in [0.25, 0.3) is 0 Å². The van der Waals surface area contributed by atoms with Gasteiger partial charge in [0.1, 0.15) is 11.5 Å². The van der Waals surface area contributed by atoms with Crippen molar-refractivity contribution in [3.63, 3.8) is 0 Å². The van der Waals surface area contributed by atoms with Crippen molar-refractivity contribution < 1.29 is 14.3 Å². The molecule has 0 bridgehead atoms. The fourth-order valence-corrected chi connectivity index (χ4v) is 4.30. The Bertz CT molecular complexity index is 1030. The van der Waals surface area contributed by atoms with Gasteiger partial charge in [-0.05, 0) is 68.7 Å². The zero-order chi connectivity index (χ0) is 23.3. The first-order valence-corrected chi connectivity index (χ1v) is 11.8. The fraction of sp³-hybridized carbons (Fsp3) is 0.400. The minimum absolute atomic E-state index is 0.0343. The Morgan fingerprint density at radius 1 is 0.938 bits per heavy atom. The monoisotopic (exact) mass is 453 g/mol. The van der Waals surface area contributed by atoms with Crippen molar-refractivity contribution in [3.8, 4) is 11.5 Å². The number of thioether (sulfide) groups is 1. The highest BCUT2D eigenvalue weighted by molar-refractivity contribution is 7.99. The predicted molar refractivity (Wildman–Crippen MR) is 128 cm³/mol. The molecule has 0 aliphatic rings. The highest BCUT2D eigenvalue weighted by Gasteiger charge is 2.22. The number of benzene rings is 2. The molecule has 0 saturated carbocycles. The van der Waals surface area contributed by atoms with Gasteiger partial charge in [-0.3, -0.25) is 4.79 Å². The number of Topliss-reactive ketones (excluding diaryl/α,β-unsaturated/α-hetero) is 1. The van der Waals surface area contributed by atoms with Crippen LogP contribution < -0.4 is 9.47 Å². The molecule has 0 aliphatic carbocycles. The smallest absolute Gasteiger partial charge is 0.192 e. The first kappa shape index (κ1) is 23.9. The van der Waals surface area contributed by atoms with E-state index in [0.717, 1.165) is 17.3 Å². The number of rotatable bonds is 10. The SMILES string of the molecule is COc1ccc(C(=O)CSc2nnc(C(C)Oc3ccc(C(C)C)cc3)n2C(C)C)cc1. The van der Waals surface area contributed by atoms with Crippen LogP contribution in [0.4, 0.5) is 0 Å². The first-order chi connectivity index (χ1) is 15.3. The average molecular weight is 454 g/mol. The number of carbonyl (C=O) groups is 1. The zero-order valence-corrected chi connectivity index (χ0v) is 20.3. The van der Waals surface area contributed by atoms with Crippen molar-refractivity contribution in [2.45, 2.75) is 57.8 Å². The summed E-state index contributed by atoms with van der Waals surface area (Å²) in [5.74, 6) is 3.06. The van der Waals surface area contributed by atoms with E-state index in [0.29, 0.717) is 16.6 Å². The molecule has 1 atom stereocenters. The summed E-state index contributed by atoms with van der Waals surface area (Å²) >= 11 is 1.39. The van der Waals surface area contributed by atoms with Gasteiger partial charge in [-0.25, -0.2) is 0 Å². The van der Waals surface area contributed by atoms with E-state index >= 15 is 0 Å². The zero-order valence-electron chi connectivity index (χ0n) is 19.5. The van der Waals surface area contributed by atoms with Crippen LogP contribution in [0.1, 0.15) is 74.4 Å². The van der Waals surface area contributed by atoms with Gasteiger partial charge in [-0.2, -0.15) is 0 Å². The van der Waals surface area contributed by atoms with Crippen LogP contribution in [-0.4, -0.2) is 33.4 Å². The van der Waals surface area contributed by atoms with Crippen LogP contribution in [0.2, 0.25) is 0 Å². The lowest BCUT2D eigenvalue weighted by Crippen LogP contribution is -2.14. The molecule has 170 valence electrons. The maximum Gasteiger partial charge on any atom is 0.192 e.